The Balaban J connectivity index is 2.00. The van der Waals surface area contributed by atoms with Gasteiger partial charge in [0.05, 0.1) is 0 Å². The van der Waals surface area contributed by atoms with Crippen LogP contribution in [0.4, 0.5) is 11.6 Å². The van der Waals surface area contributed by atoms with E-state index in [9.17, 15) is 0 Å². The van der Waals surface area contributed by atoms with Gasteiger partial charge in [-0.2, -0.15) is 5.10 Å². The van der Waals surface area contributed by atoms with Gasteiger partial charge >= 0.3 is 0 Å². The molecular weight excluding hydrogens is 266 g/mol. The van der Waals surface area contributed by atoms with E-state index in [0.717, 1.165) is 42.8 Å². The van der Waals surface area contributed by atoms with Gasteiger partial charge in [0, 0.05) is 38.5 Å². The van der Waals surface area contributed by atoms with Gasteiger partial charge in [0.25, 0.3) is 0 Å². The monoisotopic (exact) mass is 289 g/mol. The number of rotatable bonds is 7. The summed E-state index contributed by atoms with van der Waals surface area (Å²) in [7, 11) is 1.87. The van der Waals surface area contributed by atoms with E-state index in [0.29, 0.717) is 5.92 Å². The van der Waals surface area contributed by atoms with E-state index in [1.165, 1.54) is 0 Å². The van der Waals surface area contributed by atoms with Crippen LogP contribution in [-0.2, 0) is 13.5 Å². The van der Waals surface area contributed by atoms with Crippen LogP contribution in [0.1, 0.15) is 38.3 Å². The third-order valence-electron chi connectivity index (χ3n) is 2.92. The van der Waals surface area contributed by atoms with E-state index in [4.69, 9.17) is 0 Å². The minimum absolute atomic E-state index is 0.293. The number of nitrogens with zero attached hydrogens (tertiary/aromatic N) is 5. The molecule has 0 amide bonds. The molecule has 2 aromatic heterocycles. The van der Waals surface area contributed by atoms with Crippen LogP contribution in [0.15, 0.2) is 12.4 Å². The fourth-order valence-electron chi connectivity index (χ4n) is 1.89. The molecular formula is C14H23N7. The van der Waals surface area contributed by atoms with Gasteiger partial charge in [-0.05, 0) is 6.92 Å². The second-order valence-electron chi connectivity index (χ2n) is 5.19. The second-order valence-corrected chi connectivity index (χ2v) is 5.19. The molecule has 0 atom stereocenters. The van der Waals surface area contributed by atoms with Crippen molar-refractivity contribution < 1.29 is 0 Å². The molecule has 21 heavy (non-hydrogen) atoms. The molecule has 0 unspecified atom stereocenters. The average molecular weight is 289 g/mol. The molecule has 7 nitrogen and oxygen atoms in total. The molecule has 0 aliphatic rings. The standard InChI is InChI=1S/C14H23N7/c1-5-15-12-8-13(19-14(18-12)10(2)3)16-7-6-11-17-9-21(4)20-11/h8-10H,5-7H2,1-4H3,(H2,15,16,18,19). The van der Waals surface area contributed by atoms with Crippen molar-refractivity contribution in [2.24, 2.45) is 7.05 Å². The van der Waals surface area contributed by atoms with Crippen LogP contribution in [0, 0.1) is 0 Å². The number of hydrogen-bond donors (Lipinski definition) is 2. The van der Waals surface area contributed by atoms with E-state index in [2.05, 4.69) is 51.5 Å². The summed E-state index contributed by atoms with van der Waals surface area (Å²) in [6.07, 6.45) is 2.47. The highest BCUT2D eigenvalue weighted by molar-refractivity contribution is 5.47. The Bertz CT molecular complexity index is 576. The fraction of sp³-hybridized carbons (Fsp3) is 0.571. The van der Waals surface area contributed by atoms with Crippen LogP contribution in [0.25, 0.3) is 0 Å². The molecule has 0 aliphatic carbocycles. The summed E-state index contributed by atoms with van der Waals surface area (Å²) in [4.78, 5) is 13.3. The molecule has 2 N–H and O–H groups in total. The van der Waals surface area contributed by atoms with Gasteiger partial charge in [-0.25, -0.2) is 15.0 Å². The molecule has 7 heteroatoms. The zero-order chi connectivity index (χ0) is 15.2. The maximum Gasteiger partial charge on any atom is 0.152 e. The smallest absolute Gasteiger partial charge is 0.152 e. The molecule has 114 valence electrons. The molecule has 0 aliphatic heterocycles. The number of aryl methyl sites for hydroxylation is 1. The Morgan fingerprint density at radius 1 is 1.19 bits per heavy atom. The second kappa shape index (κ2) is 7.01. The highest BCUT2D eigenvalue weighted by atomic mass is 15.3. The van der Waals surface area contributed by atoms with Crippen molar-refractivity contribution in [2.45, 2.75) is 33.1 Å². The summed E-state index contributed by atoms with van der Waals surface area (Å²) in [6.45, 7) is 7.81. The molecule has 2 aromatic rings. The van der Waals surface area contributed by atoms with Crippen molar-refractivity contribution >= 4 is 11.6 Å². The zero-order valence-electron chi connectivity index (χ0n) is 13.1. The lowest BCUT2D eigenvalue weighted by Gasteiger charge is -2.11. The number of hydrogen-bond acceptors (Lipinski definition) is 6. The van der Waals surface area contributed by atoms with Crippen molar-refractivity contribution in [3.63, 3.8) is 0 Å². The molecule has 0 spiro atoms. The minimum atomic E-state index is 0.293. The van der Waals surface area contributed by atoms with Crippen LogP contribution in [0.2, 0.25) is 0 Å². The molecule has 2 rings (SSSR count). The van der Waals surface area contributed by atoms with E-state index in [1.807, 2.05) is 13.1 Å². The third-order valence-corrected chi connectivity index (χ3v) is 2.92. The molecule has 0 saturated heterocycles. The van der Waals surface area contributed by atoms with Crippen molar-refractivity contribution in [3.8, 4) is 0 Å². The minimum Gasteiger partial charge on any atom is -0.370 e. The van der Waals surface area contributed by atoms with E-state index in [-0.39, 0.29) is 0 Å². The summed E-state index contributed by atoms with van der Waals surface area (Å²) >= 11 is 0. The van der Waals surface area contributed by atoms with Crippen LogP contribution in [-0.4, -0.2) is 37.8 Å². The summed E-state index contributed by atoms with van der Waals surface area (Å²) in [6, 6.07) is 1.93. The largest absolute Gasteiger partial charge is 0.370 e. The van der Waals surface area contributed by atoms with Gasteiger partial charge in [-0.15, -0.1) is 0 Å². The number of nitrogens with one attached hydrogen (secondary N) is 2. The van der Waals surface area contributed by atoms with Crippen molar-refractivity contribution in [1.82, 2.24) is 24.7 Å². The molecule has 0 saturated carbocycles. The first-order valence-corrected chi connectivity index (χ1v) is 7.29. The number of aromatic nitrogens is 5. The highest BCUT2D eigenvalue weighted by Gasteiger charge is 2.08. The van der Waals surface area contributed by atoms with Crippen LogP contribution in [0.5, 0.6) is 0 Å². The van der Waals surface area contributed by atoms with Crippen LogP contribution < -0.4 is 10.6 Å². The van der Waals surface area contributed by atoms with Crippen molar-refractivity contribution in [3.05, 3.63) is 24.0 Å². The molecule has 0 radical (unpaired) electrons. The summed E-state index contributed by atoms with van der Waals surface area (Å²) in [5.41, 5.74) is 0. The first-order chi connectivity index (χ1) is 10.1. The van der Waals surface area contributed by atoms with Crippen molar-refractivity contribution in [1.29, 1.82) is 0 Å². The lowest BCUT2D eigenvalue weighted by Crippen LogP contribution is -2.11. The maximum absolute atomic E-state index is 4.54. The lowest BCUT2D eigenvalue weighted by atomic mass is 10.2. The summed E-state index contributed by atoms with van der Waals surface area (Å²) in [5.74, 6) is 3.65. The Morgan fingerprint density at radius 2 is 1.90 bits per heavy atom. The SMILES string of the molecule is CCNc1cc(NCCc2ncn(C)n2)nc(C(C)C)n1. The van der Waals surface area contributed by atoms with Gasteiger partial charge in [0.15, 0.2) is 5.82 Å². The first-order valence-electron chi connectivity index (χ1n) is 7.29. The summed E-state index contributed by atoms with van der Waals surface area (Å²) in [5, 5.41) is 10.8. The lowest BCUT2D eigenvalue weighted by molar-refractivity contribution is 0.741. The number of anilines is 2. The maximum atomic E-state index is 4.54. The summed E-state index contributed by atoms with van der Waals surface area (Å²) < 4.78 is 1.71. The Hall–Kier alpha value is -2.18. The zero-order valence-corrected chi connectivity index (χ0v) is 13.1. The molecule has 0 bridgehead atoms. The van der Waals surface area contributed by atoms with E-state index >= 15 is 0 Å². The van der Waals surface area contributed by atoms with Gasteiger partial charge in [0.1, 0.15) is 23.8 Å². The van der Waals surface area contributed by atoms with Crippen LogP contribution >= 0.6 is 0 Å². The highest BCUT2D eigenvalue weighted by Crippen LogP contribution is 2.16. The van der Waals surface area contributed by atoms with E-state index < -0.39 is 0 Å². The van der Waals surface area contributed by atoms with Crippen molar-refractivity contribution in [2.75, 3.05) is 23.7 Å². The topological polar surface area (TPSA) is 80.5 Å². The van der Waals surface area contributed by atoms with Gasteiger partial charge < -0.3 is 10.6 Å². The molecule has 0 aromatic carbocycles. The van der Waals surface area contributed by atoms with E-state index in [1.54, 1.807) is 11.0 Å². The van der Waals surface area contributed by atoms with Crippen LogP contribution in [0.3, 0.4) is 0 Å². The van der Waals surface area contributed by atoms with Gasteiger partial charge in [0.2, 0.25) is 0 Å². The molecule has 0 fully saturated rings. The quantitative estimate of drug-likeness (QED) is 0.809. The fourth-order valence-corrected chi connectivity index (χ4v) is 1.89. The normalized spacial score (nSPS) is 10.9. The average Bonchev–Trinajstić information content (AvgIpc) is 2.84. The third kappa shape index (κ3) is 4.40. The molecule has 2 heterocycles. The Kier molecular flexibility index (Phi) is 5.08. The first kappa shape index (κ1) is 15.2. The van der Waals surface area contributed by atoms with Gasteiger partial charge in [-0.3, -0.25) is 4.68 Å². The van der Waals surface area contributed by atoms with Gasteiger partial charge in [-0.1, -0.05) is 13.8 Å². The Morgan fingerprint density at radius 3 is 2.48 bits per heavy atom. The predicted molar refractivity (Wildman–Crippen MR) is 83.5 cm³/mol. The Labute approximate surface area is 125 Å². The predicted octanol–water partition coefficient (Wildman–Crippen LogP) is 1.81.